The van der Waals surface area contributed by atoms with Crippen molar-refractivity contribution in [2.75, 3.05) is 23.0 Å². The highest BCUT2D eigenvalue weighted by Gasteiger charge is 2.21. The van der Waals surface area contributed by atoms with E-state index in [2.05, 4.69) is 0 Å². The molecule has 0 unspecified atom stereocenters. The molecule has 2 fully saturated rings. The van der Waals surface area contributed by atoms with E-state index in [-0.39, 0.29) is 15.9 Å². The van der Waals surface area contributed by atoms with Crippen LogP contribution in [0.15, 0.2) is 14.4 Å². The third kappa shape index (κ3) is 2.01. The van der Waals surface area contributed by atoms with Crippen molar-refractivity contribution in [3.05, 3.63) is 41.1 Å². The number of thioether (sulfide) groups is 4. The first-order valence-electron chi connectivity index (χ1n) is 5.33. The summed E-state index contributed by atoms with van der Waals surface area (Å²) in [6.07, 6.45) is 0. The minimum absolute atomic E-state index is 0.128. The first kappa shape index (κ1) is 12.9. The van der Waals surface area contributed by atoms with Crippen LogP contribution in [0.4, 0.5) is 0 Å². The molecule has 94 valence electrons. The number of rotatable bonds is 0. The first-order valence-corrected chi connectivity index (χ1v) is 9.28. The van der Waals surface area contributed by atoms with E-state index in [1.807, 2.05) is 0 Å². The van der Waals surface area contributed by atoms with Gasteiger partial charge in [-0.25, -0.2) is 0 Å². The van der Waals surface area contributed by atoms with E-state index in [1.54, 1.807) is 0 Å². The van der Waals surface area contributed by atoms with Gasteiger partial charge in [-0.3, -0.25) is 14.4 Å². The van der Waals surface area contributed by atoms with E-state index < -0.39 is 10.9 Å². The van der Waals surface area contributed by atoms with Crippen molar-refractivity contribution in [2.45, 2.75) is 0 Å². The second kappa shape index (κ2) is 5.11. The smallest absolute Gasteiger partial charge is 0.239 e. The molecule has 0 saturated carbocycles. The minimum atomic E-state index is -0.604. The van der Waals surface area contributed by atoms with Crippen LogP contribution < -0.4 is 26.7 Å². The fourth-order valence-corrected chi connectivity index (χ4v) is 6.90. The number of hydrogen-bond donors (Lipinski definition) is 0. The van der Waals surface area contributed by atoms with Crippen LogP contribution in [0.25, 0.3) is 8.47 Å². The van der Waals surface area contributed by atoms with Crippen LogP contribution in [0.3, 0.4) is 0 Å². The largest absolute Gasteiger partial charge is 0.288 e. The molecule has 1 aromatic rings. The van der Waals surface area contributed by atoms with Crippen LogP contribution in [0.1, 0.15) is 0 Å². The van der Waals surface area contributed by atoms with E-state index in [9.17, 15) is 14.4 Å². The van der Waals surface area contributed by atoms with Crippen LogP contribution in [0, 0.1) is 0 Å². The molecule has 2 saturated heterocycles. The van der Waals surface area contributed by atoms with Crippen LogP contribution >= 0.6 is 47.0 Å². The Morgan fingerprint density at radius 1 is 0.556 bits per heavy atom. The minimum Gasteiger partial charge on any atom is -0.288 e. The molecule has 0 radical (unpaired) electrons. The zero-order valence-electron chi connectivity index (χ0n) is 9.19. The lowest BCUT2D eigenvalue weighted by atomic mass is 10.5. The Morgan fingerprint density at radius 2 is 0.889 bits per heavy atom. The Labute approximate surface area is 119 Å². The molecule has 3 rings (SSSR count). The maximum absolute atomic E-state index is 12.3. The average molecular weight is 316 g/mol. The molecule has 18 heavy (non-hydrogen) atoms. The second-order valence-corrected chi connectivity index (χ2v) is 8.64. The van der Waals surface area contributed by atoms with Gasteiger partial charge in [-0.1, -0.05) is 0 Å². The van der Waals surface area contributed by atoms with Crippen molar-refractivity contribution in [3.63, 3.8) is 0 Å². The van der Waals surface area contributed by atoms with Crippen LogP contribution in [0.2, 0.25) is 0 Å². The highest BCUT2D eigenvalue weighted by molar-refractivity contribution is 8.33. The molecule has 0 spiro atoms. The molecule has 0 aliphatic carbocycles. The predicted molar refractivity (Wildman–Crippen MR) is 83.5 cm³/mol. The summed E-state index contributed by atoms with van der Waals surface area (Å²) in [5, 5.41) is 0.256. The van der Waals surface area contributed by atoms with Gasteiger partial charge >= 0.3 is 0 Å². The van der Waals surface area contributed by atoms with E-state index in [4.69, 9.17) is 0 Å². The van der Waals surface area contributed by atoms with Gasteiger partial charge in [0.15, 0.2) is 0 Å². The van der Waals surface area contributed by atoms with Gasteiger partial charge in [-0.2, -0.15) is 0 Å². The maximum Gasteiger partial charge on any atom is 0.239 e. The van der Waals surface area contributed by atoms with Crippen molar-refractivity contribution in [3.8, 4) is 0 Å². The Hall–Kier alpha value is -0.110. The van der Waals surface area contributed by atoms with E-state index in [0.29, 0.717) is 0 Å². The molecule has 0 bridgehead atoms. The lowest BCUT2D eigenvalue weighted by Crippen LogP contribution is -2.37. The van der Waals surface area contributed by atoms with Gasteiger partial charge in [0.25, 0.3) is 0 Å². The van der Waals surface area contributed by atoms with Crippen molar-refractivity contribution >= 4 is 55.5 Å². The lowest BCUT2D eigenvalue weighted by Gasteiger charge is -1.88. The molecule has 0 amide bonds. The van der Waals surface area contributed by atoms with E-state index in [1.165, 1.54) is 47.0 Å². The van der Waals surface area contributed by atoms with Crippen molar-refractivity contribution in [2.24, 2.45) is 0 Å². The Balaban J connectivity index is 2.46. The molecular weight excluding hydrogens is 308 g/mol. The molecule has 0 aromatic heterocycles. The lowest BCUT2D eigenvalue weighted by molar-refractivity contribution is 1.53. The van der Waals surface area contributed by atoms with Gasteiger partial charge in [-0.05, 0) is 0 Å². The molecule has 0 N–H and O–H groups in total. The van der Waals surface area contributed by atoms with Gasteiger partial charge in [0, 0.05) is 23.0 Å². The first-order chi connectivity index (χ1) is 8.70. The zero-order chi connectivity index (χ0) is 12.7. The van der Waals surface area contributed by atoms with Gasteiger partial charge in [0.2, 0.25) is 16.3 Å². The third-order valence-corrected chi connectivity index (χ3v) is 8.05. The van der Waals surface area contributed by atoms with Gasteiger partial charge < -0.3 is 0 Å². The molecule has 7 heteroatoms. The van der Waals surface area contributed by atoms with Crippen LogP contribution in [0.5, 0.6) is 0 Å². The van der Waals surface area contributed by atoms with Crippen molar-refractivity contribution in [1.29, 1.82) is 0 Å². The Kier molecular flexibility index (Phi) is 3.66. The summed E-state index contributed by atoms with van der Waals surface area (Å²) in [4.78, 5) is 36.2. The fourth-order valence-electron chi connectivity index (χ4n) is 1.84. The van der Waals surface area contributed by atoms with Crippen molar-refractivity contribution < 1.29 is 0 Å². The highest BCUT2D eigenvalue weighted by Crippen LogP contribution is 2.36. The van der Waals surface area contributed by atoms with Gasteiger partial charge in [0.1, 0.15) is 0 Å². The van der Waals surface area contributed by atoms with Crippen LogP contribution in [-0.4, -0.2) is 23.0 Å². The van der Waals surface area contributed by atoms with Gasteiger partial charge in [0.05, 0.1) is 18.9 Å². The summed E-state index contributed by atoms with van der Waals surface area (Å²) in [5.41, 5.74) is -1.56. The summed E-state index contributed by atoms with van der Waals surface area (Å²) >= 11 is 6.02. The SMILES string of the molecule is O=c1c(=O)c(=C2SCCS2)c(=O)c1=C1SCCS1. The summed E-state index contributed by atoms with van der Waals surface area (Å²) in [6.45, 7) is 0. The second-order valence-electron chi connectivity index (χ2n) is 3.71. The zero-order valence-corrected chi connectivity index (χ0v) is 12.5. The molecule has 3 nitrogen and oxygen atoms in total. The number of hydrogen-bond acceptors (Lipinski definition) is 7. The van der Waals surface area contributed by atoms with E-state index >= 15 is 0 Å². The average Bonchev–Trinajstić information content (AvgIpc) is 3.03. The van der Waals surface area contributed by atoms with Crippen LogP contribution in [-0.2, 0) is 0 Å². The normalized spacial score (nSPS) is 20.0. The molecular formula is C11H8O3S4. The maximum atomic E-state index is 12.3. The third-order valence-electron chi connectivity index (χ3n) is 2.62. The molecule has 1 aromatic carbocycles. The summed E-state index contributed by atoms with van der Waals surface area (Å²) in [5.74, 6) is 3.59. The predicted octanol–water partition coefficient (Wildman–Crippen LogP) is -0.266. The molecule has 2 aliphatic heterocycles. The molecule has 2 aliphatic rings. The van der Waals surface area contributed by atoms with E-state index in [0.717, 1.165) is 31.5 Å². The highest BCUT2D eigenvalue weighted by atomic mass is 32.2. The fraction of sp³-hybridized carbons (Fsp3) is 0.364. The van der Waals surface area contributed by atoms with Crippen molar-refractivity contribution in [1.82, 2.24) is 0 Å². The quantitative estimate of drug-likeness (QED) is 0.611. The van der Waals surface area contributed by atoms with Gasteiger partial charge in [-0.15, -0.1) is 47.0 Å². The molecule has 2 heterocycles. The summed E-state index contributed by atoms with van der Waals surface area (Å²) in [7, 11) is 0. The monoisotopic (exact) mass is 316 g/mol. The summed E-state index contributed by atoms with van der Waals surface area (Å²) in [6, 6.07) is 0. The standard InChI is InChI=1S/C11H8O3S4/c12-7-5(10-15-1-2-16-10)8(13)9(14)6(7)11-17-3-4-18-11/h1-4H2. The Morgan fingerprint density at radius 3 is 1.22 bits per heavy atom. The summed E-state index contributed by atoms with van der Waals surface area (Å²) < 4.78 is 1.48. The Bertz CT molecular complexity index is 679. The molecule has 0 atom stereocenters. The topological polar surface area (TPSA) is 51.2 Å².